The standard InChI is InChI=1S/C21H21N5O2/c1-25-19(27)12-18(17-9-10-22-14-23-17)24-21(25)26-11-5-8-16(13-26)20(28)15-6-3-2-4-7-15/h2-4,6-7,9-10,12,14,16H,5,8,11,13H2,1H3. The number of rotatable bonds is 4. The maximum absolute atomic E-state index is 12.9. The molecule has 1 unspecified atom stereocenters. The molecule has 2 aromatic heterocycles. The third kappa shape index (κ3) is 3.55. The third-order valence-corrected chi connectivity index (χ3v) is 5.09. The summed E-state index contributed by atoms with van der Waals surface area (Å²) in [6.45, 7) is 1.30. The fourth-order valence-corrected chi connectivity index (χ4v) is 3.59. The molecule has 0 aliphatic carbocycles. The number of hydrogen-bond donors (Lipinski definition) is 0. The Hall–Kier alpha value is -3.35. The minimum Gasteiger partial charge on any atom is -0.341 e. The van der Waals surface area contributed by atoms with Crippen LogP contribution in [-0.4, -0.2) is 38.4 Å². The van der Waals surface area contributed by atoms with Crippen molar-refractivity contribution in [2.75, 3.05) is 18.0 Å². The Balaban J connectivity index is 1.64. The maximum atomic E-state index is 12.9. The molecule has 0 spiro atoms. The largest absolute Gasteiger partial charge is 0.341 e. The number of piperidine rings is 1. The highest BCUT2D eigenvalue weighted by molar-refractivity contribution is 5.98. The zero-order valence-corrected chi connectivity index (χ0v) is 15.7. The molecule has 1 fully saturated rings. The number of anilines is 1. The van der Waals surface area contributed by atoms with Gasteiger partial charge in [-0.15, -0.1) is 0 Å². The van der Waals surface area contributed by atoms with E-state index in [9.17, 15) is 9.59 Å². The minimum atomic E-state index is -0.157. The Morgan fingerprint density at radius 2 is 1.96 bits per heavy atom. The molecule has 1 aliphatic rings. The van der Waals surface area contributed by atoms with Crippen molar-refractivity contribution in [3.8, 4) is 11.4 Å². The van der Waals surface area contributed by atoms with Gasteiger partial charge in [0.15, 0.2) is 5.78 Å². The fourth-order valence-electron chi connectivity index (χ4n) is 3.59. The number of hydrogen-bond acceptors (Lipinski definition) is 6. The van der Waals surface area contributed by atoms with Gasteiger partial charge in [-0.05, 0) is 18.9 Å². The molecule has 1 aliphatic heterocycles. The first-order chi connectivity index (χ1) is 13.6. The van der Waals surface area contributed by atoms with E-state index in [2.05, 4.69) is 15.0 Å². The van der Waals surface area contributed by atoms with Crippen LogP contribution < -0.4 is 10.5 Å². The van der Waals surface area contributed by atoms with Crippen LogP contribution in [0.4, 0.5) is 5.95 Å². The summed E-state index contributed by atoms with van der Waals surface area (Å²) in [5, 5.41) is 0. The van der Waals surface area contributed by atoms with Gasteiger partial charge in [-0.2, -0.15) is 0 Å². The van der Waals surface area contributed by atoms with Gasteiger partial charge in [0.2, 0.25) is 5.95 Å². The quantitative estimate of drug-likeness (QED) is 0.651. The lowest BCUT2D eigenvalue weighted by atomic mass is 9.90. The second-order valence-corrected chi connectivity index (χ2v) is 6.95. The van der Waals surface area contributed by atoms with Gasteiger partial charge < -0.3 is 4.90 Å². The number of aromatic nitrogens is 4. The summed E-state index contributed by atoms with van der Waals surface area (Å²) in [4.78, 5) is 40.2. The molecular weight excluding hydrogens is 354 g/mol. The van der Waals surface area contributed by atoms with Gasteiger partial charge in [-0.1, -0.05) is 30.3 Å². The summed E-state index contributed by atoms with van der Waals surface area (Å²) in [5.74, 6) is 0.588. The van der Waals surface area contributed by atoms with Crippen LogP contribution in [0.15, 0.2) is 59.8 Å². The summed E-state index contributed by atoms with van der Waals surface area (Å²) in [7, 11) is 1.71. The fraction of sp³-hybridized carbons (Fsp3) is 0.286. The van der Waals surface area contributed by atoms with Crippen LogP contribution in [0.5, 0.6) is 0 Å². The van der Waals surface area contributed by atoms with Gasteiger partial charge in [-0.3, -0.25) is 14.2 Å². The maximum Gasteiger partial charge on any atom is 0.255 e. The lowest BCUT2D eigenvalue weighted by Gasteiger charge is -2.33. The highest BCUT2D eigenvalue weighted by atomic mass is 16.1. The highest BCUT2D eigenvalue weighted by Gasteiger charge is 2.28. The molecule has 1 atom stereocenters. The van der Waals surface area contributed by atoms with Crippen LogP contribution in [0, 0.1) is 5.92 Å². The lowest BCUT2D eigenvalue weighted by Crippen LogP contribution is -2.41. The van der Waals surface area contributed by atoms with E-state index in [0.717, 1.165) is 24.9 Å². The molecule has 7 heteroatoms. The first kappa shape index (κ1) is 18.0. The molecule has 0 amide bonds. The average molecular weight is 375 g/mol. The van der Waals surface area contributed by atoms with Crippen molar-refractivity contribution in [1.82, 2.24) is 19.5 Å². The normalized spacial score (nSPS) is 16.8. The van der Waals surface area contributed by atoms with Gasteiger partial charge in [0.1, 0.15) is 6.33 Å². The second kappa shape index (κ2) is 7.72. The Morgan fingerprint density at radius 3 is 2.71 bits per heavy atom. The Kier molecular flexibility index (Phi) is 4.97. The molecule has 0 N–H and O–H groups in total. The van der Waals surface area contributed by atoms with Gasteiger partial charge in [0, 0.05) is 43.9 Å². The van der Waals surface area contributed by atoms with Crippen molar-refractivity contribution in [2.45, 2.75) is 12.8 Å². The number of Topliss-reactive ketones (excluding diaryl/α,β-unsaturated/α-hetero) is 1. The van der Waals surface area contributed by atoms with Crippen LogP contribution >= 0.6 is 0 Å². The molecule has 3 heterocycles. The predicted molar refractivity (Wildman–Crippen MR) is 106 cm³/mol. The highest BCUT2D eigenvalue weighted by Crippen LogP contribution is 2.25. The van der Waals surface area contributed by atoms with Crippen molar-refractivity contribution < 1.29 is 4.79 Å². The molecular formula is C21H21N5O2. The first-order valence-electron chi connectivity index (χ1n) is 9.32. The SMILES string of the molecule is Cn1c(N2CCCC(C(=O)c3ccccc3)C2)nc(-c2ccncn2)cc1=O. The van der Waals surface area contributed by atoms with Crippen LogP contribution in [0.2, 0.25) is 0 Å². The van der Waals surface area contributed by atoms with Crippen molar-refractivity contribution >= 4 is 11.7 Å². The Bertz CT molecular complexity index is 1030. The zero-order valence-electron chi connectivity index (χ0n) is 15.7. The van der Waals surface area contributed by atoms with E-state index in [1.165, 1.54) is 17.0 Å². The summed E-state index contributed by atoms with van der Waals surface area (Å²) in [5.41, 5.74) is 1.68. The summed E-state index contributed by atoms with van der Waals surface area (Å²) in [6, 6.07) is 12.6. The molecule has 1 aromatic carbocycles. The smallest absolute Gasteiger partial charge is 0.255 e. The van der Waals surface area contributed by atoms with E-state index in [1.54, 1.807) is 19.3 Å². The van der Waals surface area contributed by atoms with Crippen molar-refractivity contribution in [3.05, 3.63) is 70.9 Å². The molecule has 0 bridgehead atoms. The monoisotopic (exact) mass is 375 g/mol. The van der Waals surface area contributed by atoms with E-state index >= 15 is 0 Å². The molecule has 4 rings (SSSR count). The average Bonchev–Trinajstić information content (AvgIpc) is 2.76. The number of ketones is 1. The van der Waals surface area contributed by atoms with Crippen LogP contribution in [0.25, 0.3) is 11.4 Å². The predicted octanol–water partition coefficient (Wildman–Crippen LogP) is 2.34. The van der Waals surface area contributed by atoms with Crippen molar-refractivity contribution in [2.24, 2.45) is 13.0 Å². The van der Waals surface area contributed by atoms with Crippen molar-refractivity contribution in [3.63, 3.8) is 0 Å². The molecule has 3 aromatic rings. The van der Waals surface area contributed by atoms with Gasteiger partial charge in [0.05, 0.1) is 11.4 Å². The number of nitrogens with zero attached hydrogens (tertiary/aromatic N) is 5. The Morgan fingerprint density at radius 1 is 1.14 bits per heavy atom. The summed E-state index contributed by atoms with van der Waals surface area (Å²) < 4.78 is 1.53. The number of carbonyl (C=O) groups is 1. The zero-order chi connectivity index (χ0) is 19.5. The van der Waals surface area contributed by atoms with Crippen molar-refractivity contribution in [1.29, 1.82) is 0 Å². The van der Waals surface area contributed by atoms with Gasteiger partial charge >= 0.3 is 0 Å². The minimum absolute atomic E-state index is 0.115. The molecule has 0 radical (unpaired) electrons. The van der Waals surface area contributed by atoms with Crippen LogP contribution in [0.1, 0.15) is 23.2 Å². The number of benzene rings is 1. The second-order valence-electron chi connectivity index (χ2n) is 6.95. The van der Waals surface area contributed by atoms with E-state index in [1.807, 2.05) is 35.2 Å². The molecule has 0 saturated carbocycles. The van der Waals surface area contributed by atoms with Gasteiger partial charge in [-0.25, -0.2) is 15.0 Å². The van der Waals surface area contributed by atoms with E-state index < -0.39 is 0 Å². The molecule has 1 saturated heterocycles. The van der Waals surface area contributed by atoms with E-state index in [-0.39, 0.29) is 17.3 Å². The number of carbonyl (C=O) groups excluding carboxylic acids is 1. The first-order valence-corrected chi connectivity index (χ1v) is 9.32. The summed E-state index contributed by atoms with van der Waals surface area (Å²) >= 11 is 0. The van der Waals surface area contributed by atoms with Crippen LogP contribution in [0.3, 0.4) is 0 Å². The van der Waals surface area contributed by atoms with Crippen LogP contribution in [-0.2, 0) is 7.05 Å². The van der Waals surface area contributed by atoms with E-state index in [4.69, 9.17) is 0 Å². The van der Waals surface area contributed by atoms with Gasteiger partial charge in [0.25, 0.3) is 5.56 Å². The van der Waals surface area contributed by atoms with E-state index in [0.29, 0.717) is 23.9 Å². The molecule has 142 valence electrons. The third-order valence-electron chi connectivity index (χ3n) is 5.09. The molecule has 7 nitrogen and oxygen atoms in total. The Labute approximate surface area is 162 Å². The summed E-state index contributed by atoms with van der Waals surface area (Å²) in [6.07, 6.45) is 4.76. The molecule has 28 heavy (non-hydrogen) atoms. The topological polar surface area (TPSA) is 81.0 Å². The lowest BCUT2D eigenvalue weighted by molar-refractivity contribution is 0.0906.